The molecule has 1 N–H and O–H groups in total. The second kappa shape index (κ2) is 4.90. The van der Waals surface area contributed by atoms with E-state index in [0.29, 0.717) is 11.8 Å². The van der Waals surface area contributed by atoms with Gasteiger partial charge in [-0.1, -0.05) is 19.1 Å². The van der Waals surface area contributed by atoms with Crippen LogP contribution >= 0.6 is 0 Å². The van der Waals surface area contributed by atoms with E-state index in [1.54, 1.807) is 0 Å². The number of piperazine rings is 1. The molecule has 0 radical (unpaired) electrons. The number of aromatic hydroxyl groups is 1. The summed E-state index contributed by atoms with van der Waals surface area (Å²) in [5, 5.41) is 9.90. The Balaban J connectivity index is 1.75. The van der Waals surface area contributed by atoms with Gasteiger partial charge < -0.3 is 10.0 Å². The highest BCUT2D eigenvalue weighted by atomic mass is 16.3. The van der Waals surface area contributed by atoms with Gasteiger partial charge in [0, 0.05) is 32.2 Å². The number of hydrogen-bond acceptors (Lipinski definition) is 3. The lowest BCUT2D eigenvalue weighted by Gasteiger charge is -2.38. The van der Waals surface area contributed by atoms with Crippen molar-refractivity contribution in [2.24, 2.45) is 0 Å². The fourth-order valence-electron chi connectivity index (χ4n) is 3.38. The zero-order valence-electron chi connectivity index (χ0n) is 11.1. The highest BCUT2D eigenvalue weighted by Gasteiger charge is 2.31. The summed E-state index contributed by atoms with van der Waals surface area (Å²) in [6, 6.07) is 6.52. The molecule has 2 aliphatic rings. The molecule has 1 fully saturated rings. The van der Waals surface area contributed by atoms with Gasteiger partial charge in [-0.3, -0.25) is 4.90 Å². The average molecular weight is 246 g/mol. The van der Waals surface area contributed by atoms with Gasteiger partial charge in [0.1, 0.15) is 5.75 Å². The number of rotatable bonds is 2. The number of benzene rings is 1. The quantitative estimate of drug-likeness (QED) is 0.865. The minimum absolute atomic E-state index is 0.488. The van der Waals surface area contributed by atoms with Crippen LogP contribution in [0.5, 0.6) is 5.75 Å². The molecule has 0 spiro atoms. The summed E-state index contributed by atoms with van der Waals surface area (Å²) in [5.41, 5.74) is 2.54. The van der Waals surface area contributed by atoms with Gasteiger partial charge in [-0.05, 0) is 36.6 Å². The van der Waals surface area contributed by atoms with E-state index in [0.717, 1.165) is 26.1 Å². The van der Waals surface area contributed by atoms with Crippen LogP contribution in [0.3, 0.4) is 0 Å². The Morgan fingerprint density at radius 3 is 2.72 bits per heavy atom. The Hall–Kier alpha value is -1.06. The molecule has 1 heterocycles. The van der Waals surface area contributed by atoms with Crippen molar-refractivity contribution in [1.82, 2.24) is 9.80 Å². The van der Waals surface area contributed by atoms with Crippen molar-refractivity contribution in [3.8, 4) is 5.75 Å². The SMILES string of the molecule is CCN1CCN(C2CCc3c(O)cccc32)CC1. The molecule has 98 valence electrons. The zero-order chi connectivity index (χ0) is 12.5. The van der Waals surface area contributed by atoms with Crippen molar-refractivity contribution in [1.29, 1.82) is 0 Å². The Bertz CT molecular complexity index is 425. The Morgan fingerprint density at radius 2 is 2.00 bits per heavy atom. The molecule has 0 amide bonds. The van der Waals surface area contributed by atoms with Crippen LogP contribution in [0.25, 0.3) is 0 Å². The van der Waals surface area contributed by atoms with Crippen molar-refractivity contribution < 1.29 is 5.11 Å². The smallest absolute Gasteiger partial charge is 0.119 e. The lowest BCUT2D eigenvalue weighted by Crippen LogP contribution is -2.47. The molecule has 0 bridgehead atoms. The summed E-state index contributed by atoms with van der Waals surface area (Å²) < 4.78 is 0. The van der Waals surface area contributed by atoms with Gasteiger partial charge in [-0.25, -0.2) is 0 Å². The topological polar surface area (TPSA) is 26.7 Å². The third kappa shape index (κ3) is 2.02. The minimum Gasteiger partial charge on any atom is -0.508 e. The summed E-state index contributed by atoms with van der Waals surface area (Å²) in [5.74, 6) is 0.488. The first kappa shape index (κ1) is 12.0. The summed E-state index contributed by atoms with van der Waals surface area (Å²) in [6.07, 6.45) is 2.19. The standard InChI is InChI=1S/C15H22N2O/c1-2-16-8-10-17(11-9-16)14-7-6-13-12(14)4-3-5-15(13)18/h3-5,14,18H,2,6-11H2,1H3. The molecule has 3 nitrogen and oxygen atoms in total. The van der Waals surface area contributed by atoms with Crippen molar-refractivity contribution >= 4 is 0 Å². The van der Waals surface area contributed by atoms with Crippen LogP contribution in [-0.4, -0.2) is 47.6 Å². The van der Waals surface area contributed by atoms with E-state index in [1.807, 2.05) is 12.1 Å². The van der Waals surface area contributed by atoms with Crippen LogP contribution in [0.4, 0.5) is 0 Å². The van der Waals surface area contributed by atoms with Gasteiger partial charge in [-0.15, -0.1) is 0 Å². The second-order valence-electron chi connectivity index (χ2n) is 5.37. The summed E-state index contributed by atoms with van der Waals surface area (Å²) in [6.45, 7) is 8.08. The van der Waals surface area contributed by atoms with Gasteiger partial charge in [0.05, 0.1) is 0 Å². The van der Waals surface area contributed by atoms with Crippen LogP contribution in [0.2, 0.25) is 0 Å². The number of nitrogens with zero attached hydrogens (tertiary/aromatic N) is 2. The monoisotopic (exact) mass is 246 g/mol. The molecule has 1 atom stereocenters. The minimum atomic E-state index is 0.488. The van der Waals surface area contributed by atoms with Crippen molar-refractivity contribution in [3.63, 3.8) is 0 Å². The van der Waals surface area contributed by atoms with Gasteiger partial charge in [0.15, 0.2) is 0 Å². The highest BCUT2D eigenvalue weighted by Crippen LogP contribution is 2.39. The molecule has 1 saturated heterocycles. The Kier molecular flexibility index (Phi) is 3.27. The van der Waals surface area contributed by atoms with Crippen LogP contribution in [0.1, 0.15) is 30.5 Å². The number of likely N-dealkylation sites (N-methyl/N-ethyl adjacent to an activating group) is 1. The van der Waals surface area contributed by atoms with Crippen molar-refractivity contribution in [3.05, 3.63) is 29.3 Å². The summed E-state index contributed by atoms with van der Waals surface area (Å²) in [4.78, 5) is 5.10. The van der Waals surface area contributed by atoms with Gasteiger partial charge in [0.25, 0.3) is 0 Å². The molecule has 1 aliphatic heterocycles. The van der Waals surface area contributed by atoms with E-state index >= 15 is 0 Å². The first-order valence-electron chi connectivity index (χ1n) is 7.06. The van der Waals surface area contributed by atoms with E-state index in [2.05, 4.69) is 22.8 Å². The molecule has 1 aliphatic carbocycles. The summed E-state index contributed by atoms with van der Waals surface area (Å²) in [7, 11) is 0. The fraction of sp³-hybridized carbons (Fsp3) is 0.600. The normalized spacial score (nSPS) is 25.3. The lowest BCUT2D eigenvalue weighted by molar-refractivity contribution is 0.0994. The molecular weight excluding hydrogens is 224 g/mol. The third-order valence-corrected chi connectivity index (χ3v) is 4.51. The van der Waals surface area contributed by atoms with Crippen molar-refractivity contribution in [2.75, 3.05) is 32.7 Å². The largest absolute Gasteiger partial charge is 0.508 e. The zero-order valence-corrected chi connectivity index (χ0v) is 11.1. The maximum Gasteiger partial charge on any atom is 0.119 e. The highest BCUT2D eigenvalue weighted by molar-refractivity contribution is 5.44. The molecule has 0 saturated carbocycles. The molecule has 3 heteroatoms. The number of phenols is 1. The Morgan fingerprint density at radius 1 is 1.22 bits per heavy atom. The lowest BCUT2D eigenvalue weighted by atomic mass is 10.1. The van der Waals surface area contributed by atoms with Crippen LogP contribution in [-0.2, 0) is 6.42 Å². The first-order chi connectivity index (χ1) is 8.79. The van der Waals surface area contributed by atoms with Gasteiger partial charge >= 0.3 is 0 Å². The van der Waals surface area contributed by atoms with Crippen LogP contribution in [0, 0.1) is 0 Å². The summed E-state index contributed by atoms with van der Waals surface area (Å²) >= 11 is 0. The second-order valence-corrected chi connectivity index (χ2v) is 5.37. The molecular formula is C15H22N2O. The van der Waals surface area contributed by atoms with Gasteiger partial charge in [0.2, 0.25) is 0 Å². The molecule has 0 aromatic heterocycles. The number of fused-ring (bicyclic) bond motifs is 1. The number of phenolic OH excluding ortho intramolecular Hbond substituents is 1. The molecule has 1 aromatic rings. The number of hydrogen-bond donors (Lipinski definition) is 1. The maximum absolute atomic E-state index is 9.90. The van der Waals surface area contributed by atoms with E-state index in [9.17, 15) is 5.11 Å². The molecule has 3 rings (SSSR count). The van der Waals surface area contributed by atoms with E-state index in [4.69, 9.17) is 0 Å². The predicted octanol–water partition coefficient (Wildman–Crippen LogP) is 2.02. The van der Waals surface area contributed by atoms with E-state index in [-0.39, 0.29) is 0 Å². The molecule has 1 unspecified atom stereocenters. The molecule has 18 heavy (non-hydrogen) atoms. The fourth-order valence-corrected chi connectivity index (χ4v) is 3.38. The van der Waals surface area contributed by atoms with Gasteiger partial charge in [-0.2, -0.15) is 0 Å². The van der Waals surface area contributed by atoms with Crippen molar-refractivity contribution in [2.45, 2.75) is 25.8 Å². The Labute approximate surface area is 109 Å². The predicted molar refractivity (Wildman–Crippen MR) is 72.9 cm³/mol. The van der Waals surface area contributed by atoms with E-state index < -0.39 is 0 Å². The van der Waals surface area contributed by atoms with Crippen LogP contribution < -0.4 is 0 Å². The average Bonchev–Trinajstić information content (AvgIpc) is 2.84. The first-order valence-corrected chi connectivity index (χ1v) is 7.06. The molecule has 1 aromatic carbocycles. The third-order valence-electron chi connectivity index (χ3n) is 4.51. The van der Waals surface area contributed by atoms with E-state index in [1.165, 1.54) is 30.6 Å². The van der Waals surface area contributed by atoms with Crippen LogP contribution in [0.15, 0.2) is 18.2 Å². The maximum atomic E-state index is 9.90.